The van der Waals surface area contributed by atoms with Crippen LogP contribution in [0.5, 0.6) is 0 Å². The number of H-pyrrole nitrogens is 1. The van der Waals surface area contributed by atoms with Gasteiger partial charge in [-0.3, -0.25) is 9.89 Å². The maximum Gasteiger partial charge on any atom is 0.295 e. The molecular weight excluding hydrogens is 284 g/mol. The molecule has 1 aromatic carbocycles. The number of aromatic amines is 1. The van der Waals surface area contributed by atoms with Crippen molar-refractivity contribution in [1.82, 2.24) is 15.2 Å². The van der Waals surface area contributed by atoms with Crippen molar-refractivity contribution in [2.24, 2.45) is 0 Å². The number of anilines is 1. The van der Waals surface area contributed by atoms with Gasteiger partial charge in [0.05, 0.1) is 5.69 Å². The third-order valence-corrected chi connectivity index (χ3v) is 4.95. The summed E-state index contributed by atoms with van der Waals surface area (Å²) in [5, 5.41) is 10.1. The Morgan fingerprint density at radius 1 is 1.33 bits per heavy atom. The van der Waals surface area contributed by atoms with Crippen molar-refractivity contribution in [2.45, 2.75) is 42.8 Å². The van der Waals surface area contributed by atoms with Gasteiger partial charge in [-0.05, 0) is 31.9 Å². The van der Waals surface area contributed by atoms with Crippen LogP contribution in [0.3, 0.4) is 0 Å². The first-order valence-corrected chi connectivity index (χ1v) is 8.06. The molecule has 5 nitrogen and oxygen atoms in total. The lowest BCUT2D eigenvalue weighted by Gasteiger charge is -2.13. The summed E-state index contributed by atoms with van der Waals surface area (Å²) in [7, 11) is 0. The summed E-state index contributed by atoms with van der Waals surface area (Å²) in [4.78, 5) is 17.3. The second-order valence-electron chi connectivity index (χ2n) is 5.22. The number of rotatable bonds is 4. The van der Waals surface area contributed by atoms with E-state index in [0.717, 1.165) is 10.6 Å². The molecule has 1 fully saturated rings. The molecule has 0 unspecified atom stereocenters. The minimum Gasteiger partial charge on any atom is -0.318 e. The van der Waals surface area contributed by atoms with Crippen molar-refractivity contribution in [3.05, 3.63) is 35.9 Å². The number of carbonyl (C=O) groups is 1. The molecule has 1 saturated carbocycles. The van der Waals surface area contributed by atoms with Gasteiger partial charge in [-0.25, -0.2) is 4.98 Å². The first kappa shape index (κ1) is 14.1. The third-order valence-electron chi connectivity index (χ3n) is 3.53. The molecule has 1 amide bonds. The van der Waals surface area contributed by atoms with Gasteiger partial charge in [0.1, 0.15) is 5.82 Å². The summed E-state index contributed by atoms with van der Waals surface area (Å²) in [5.41, 5.74) is 0.835. The van der Waals surface area contributed by atoms with E-state index in [0.29, 0.717) is 11.1 Å². The standard InChI is InChI=1S/C15H18N4OS/c1-10-16-14(19-18-10)15(20)17-12-8-4-5-9-13(12)21-11-6-2-3-7-11/h4-5,8-9,11H,2-3,6-7H2,1H3,(H,17,20)(H,16,18,19). The zero-order valence-corrected chi connectivity index (χ0v) is 12.7. The molecule has 1 aliphatic carbocycles. The van der Waals surface area contributed by atoms with E-state index >= 15 is 0 Å². The van der Waals surface area contributed by atoms with E-state index in [1.165, 1.54) is 25.7 Å². The second-order valence-corrected chi connectivity index (χ2v) is 6.56. The smallest absolute Gasteiger partial charge is 0.295 e. The topological polar surface area (TPSA) is 70.7 Å². The van der Waals surface area contributed by atoms with E-state index in [1.54, 1.807) is 6.92 Å². The summed E-state index contributed by atoms with van der Waals surface area (Å²) in [5.74, 6) is 0.528. The van der Waals surface area contributed by atoms with Crippen molar-refractivity contribution < 1.29 is 4.79 Å². The molecule has 0 atom stereocenters. The maximum atomic E-state index is 12.2. The van der Waals surface area contributed by atoms with E-state index in [1.807, 2.05) is 30.0 Å². The van der Waals surface area contributed by atoms with Gasteiger partial charge in [-0.1, -0.05) is 25.0 Å². The van der Waals surface area contributed by atoms with E-state index in [9.17, 15) is 4.79 Å². The van der Waals surface area contributed by atoms with Crippen LogP contribution in [0.15, 0.2) is 29.2 Å². The number of para-hydroxylation sites is 1. The molecule has 1 aromatic heterocycles. The highest BCUT2D eigenvalue weighted by molar-refractivity contribution is 8.00. The molecule has 0 aliphatic heterocycles. The molecule has 1 aliphatic rings. The average Bonchev–Trinajstić information content (AvgIpc) is 3.12. The van der Waals surface area contributed by atoms with Crippen molar-refractivity contribution in [3.63, 3.8) is 0 Å². The van der Waals surface area contributed by atoms with Crippen molar-refractivity contribution in [2.75, 3.05) is 5.32 Å². The van der Waals surface area contributed by atoms with Gasteiger partial charge < -0.3 is 5.32 Å². The number of nitrogens with zero attached hydrogens (tertiary/aromatic N) is 2. The minimum atomic E-state index is -0.279. The Hall–Kier alpha value is -1.82. The first-order chi connectivity index (χ1) is 10.2. The van der Waals surface area contributed by atoms with Crippen LogP contribution in [0.1, 0.15) is 42.1 Å². The number of carbonyl (C=O) groups excluding carboxylic acids is 1. The molecule has 6 heteroatoms. The lowest BCUT2D eigenvalue weighted by atomic mass is 10.3. The average molecular weight is 302 g/mol. The molecule has 110 valence electrons. The number of hydrogen-bond donors (Lipinski definition) is 2. The highest BCUT2D eigenvalue weighted by atomic mass is 32.2. The lowest BCUT2D eigenvalue weighted by molar-refractivity contribution is 0.101. The molecule has 2 aromatic rings. The fourth-order valence-corrected chi connectivity index (χ4v) is 3.81. The van der Waals surface area contributed by atoms with Crippen LogP contribution < -0.4 is 5.32 Å². The Bertz CT molecular complexity index is 634. The predicted molar refractivity (Wildman–Crippen MR) is 83.6 cm³/mol. The largest absolute Gasteiger partial charge is 0.318 e. The number of benzene rings is 1. The fourth-order valence-electron chi connectivity index (χ4n) is 2.48. The number of nitrogens with one attached hydrogen (secondary N) is 2. The fraction of sp³-hybridized carbons (Fsp3) is 0.400. The Morgan fingerprint density at radius 3 is 2.81 bits per heavy atom. The van der Waals surface area contributed by atoms with Gasteiger partial charge >= 0.3 is 0 Å². The molecule has 0 radical (unpaired) electrons. The van der Waals surface area contributed by atoms with Crippen LogP contribution in [-0.2, 0) is 0 Å². The van der Waals surface area contributed by atoms with Crippen LogP contribution >= 0.6 is 11.8 Å². The summed E-state index contributed by atoms with van der Waals surface area (Å²) >= 11 is 1.86. The highest BCUT2D eigenvalue weighted by Crippen LogP contribution is 2.38. The van der Waals surface area contributed by atoms with E-state index in [4.69, 9.17) is 0 Å². The molecule has 0 bridgehead atoms. The second kappa shape index (κ2) is 6.30. The highest BCUT2D eigenvalue weighted by Gasteiger charge is 2.19. The number of aryl methyl sites for hydroxylation is 1. The predicted octanol–water partition coefficient (Wildman–Crippen LogP) is 3.40. The van der Waals surface area contributed by atoms with Crippen molar-refractivity contribution >= 4 is 23.4 Å². The van der Waals surface area contributed by atoms with Crippen LogP contribution in [-0.4, -0.2) is 26.3 Å². The van der Waals surface area contributed by atoms with Gasteiger partial charge in [0, 0.05) is 10.1 Å². The number of thioether (sulfide) groups is 1. The Labute approximate surface area is 127 Å². The van der Waals surface area contributed by atoms with Crippen LogP contribution in [0.4, 0.5) is 5.69 Å². The molecule has 3 rings (SSSR count). The lowest BCUT2D eigenvalue weighted by Crippen LogP contribution is -2.14. The van der Waals surface area contributed by atoms with Crippen molar-refractivity contribution in [3.8, 4) is 0 Å². The Balaban J connectivity index is 1.73. The van der Waals surface area contributed by atoms with Crippen molar-refractivity contribution in [1.29, 1.82) is 0 Å². The summed E-state index contributed by atoms with van der Waals surface area (Å²) < 4.78 is 0. The Morgan fingerprint density at radius 2 is 2.10 bits per heavy atom. The molecule has 21 heavy (non-hydrogen) atoms. The SMILES string of the molecule is Cc1nc(C(=O)Nc2ccccc2SC2CCCC2)n[nH]1. The van der Waals surface area contributed by atoms with Crippen LogP contribution in [0.25, 0.3) is 0 Å². The molecule has 2 N–H and O–H groups in total. The summed E-state index contributed by atoms with van der Waals surface area (Å²) in [6.07, 6.45) is 5.13. The molecule has 1 heterocycles. The summed E-state index contributed by atoms with van der Waals surface area (Å²) in [6, 6.07) is 7.91. The minimum absolute atomic E-state index is 0.174. The van der Waals surface area contributed by atoms with E-state index in [-0.39, 0.29) is 11.7 Å². The third kappa shape index (κ3) is 3.44. The maximum absolute atomic E-state index is 12.2. The van der Waals surface area contributed by atoms with Gasteiger partial charge in [-0.2, -0.15) is 0 Å². The van der Waals surface area contributed by atoms with Crippen LogP contribution in [0.2, 0.25) is 0 Å². The quantitative estimate of drug-likeness (QED) is 0.908. The zero-order chi connectivity index (χ0) is 14.7. The normalized spacial score (nSPS) is 15.3. The van der Waals surface area contributed by atoms with Gasteiger partial charge in [0.25, 0.3) is 5.91 Å². The molecule has 0 saturated heterocycles. The van der Waals surface area contributed by atoms with Gasteiger partial charge in [0.15, 0.2) is 0 Å². The zero-order valence-electron chi connectivity index (χ0n) is 11.9. The van der Waals surface area contributed by atoms with E-state index < -0.39 is 0 Å². The number of aromatic nitrogens is 3. The molecular formula is C15H18N4OS. The first-order valence-electron chi connectivity index (χ1n) is 7.18. The number of amides is 1. The number of hydrogen-bond acceptors (Lipinski definition) is 4. The molecule has 0 spiro atoms. The van der Waals surface area contributed by atoms with E-state index in [2.05, 4.69) is 26.6 Å². The van der Waals surface area contributed by atoms with Gasteiger partial charge in [-0.15, -0.1) is 16.9 Å². The summed E-state index contributed by atoms with van der Waals surface area (Å²) in [6.45, 7) is 1.77. The van der Waals surface area contributed by atoms with Gasteiger partial charge in [0.2, 0.25) is 5.82 Å². The van der Waals surface area contributed by atoms with Crippen LogP contribution in [0, 0.1) is 6.92 Å². The Kier molecular flexibility index (Phi) is 4.24. The monoisotopic (exact) mass is 302 g/mol.